The van der Waals surface area contributed by atoms with Crippen molar-refractivity contribution in [2.45, 2.75) is 20.3 Å². The Morgan fingerprint density at radius 2 is 1.70 bits per heavy atom. The maximum Gasteiger partial charge on any atom is 0.310 e. The van der Waals surface area contributed by atoms with Gasteiger partial charge in [-0.15, -0.1) is 0 Å². The molecule has 2 aromatic carbocycles. The van der Waals surface area contributed by atoms with Gasteiger partial charge < -0.3 is 19.5 Å². The van der Waals surface area contributed by atoms with Crippen LogP contribution in [0, 0.1) is 5.82 Å². The Bertz CT molecular complexity index is 776. The Balaban J connectivity index is 1.91. The van der Waals surface area contributed by atoms with Crippen LogP contribution in [0.1, 0.15) is 19.4 Å². The Hall–Kier alpha value is -3.09. The van der Waals surface area contributed by atoms with E-state index >= 15 is 0 Å². The first-order valence-electron chi connectivity index (χ1n) is 8.61. The summed E-state index contributed by atoms with van der Waals surface area (Å²) in [6.45, 7) is 4.17. The molecule has 6 nitrogen and oxygen atoms in total. The molecule has 144 valence electrons. The largest absolute Gasteiger partial charge is 0.494 e. The number of ether oxygens (including phenoxy) is 3. The number of halogens is 1. The summed E-state index contributed by atoms with van der Waals surface area (Å²) in [5.74, 6) is -0.385. The van der Waals surface area contributed by atoms with Gasteiger partial charge in [0.2, 0.25) is 0 Å². The van der Waals surface area contributed by atoms with Crippen molar-refractivity contribution in [1.82, 2.24) is 0 Å². The molecule has 7 heteroatoms. The normalized spacial score (nSPS) is 10.2. The first-order valence-corrected chi connectivity index (χ1v) is 8.61. The monoisotopic (exact) mass is 375 g/mol. The molecule has 0 unspecified atom stereocenters. The van der Waals surface area contributed by atoms with E-state index in [-0.39, 0.29) is 12.2 Å². The standard InChI is InChI=1S/C20H22FNO5/c1-3-25-16-9-10-18(26-4-2)17(12-16)22-19(23)13-27-20(24)11-14-5-7-15(21)8-6-14/h5-10,12H,3-4,11,13H2,1-2H3,(H,22,23). The summed E-state index contributed by atoms with van der Waals surface area (Å²) in [4.78, 5) is 23.9. The molecular weight excluding hydrogens is 353 g/mol. The van der Waals surface area contributed by atoms with Crippen molar-refractivity contribution in [3.8, 4) is 11.5 Å². The van der Waals surface area contributed by atoms with Crippen LogP contribution >= 0.6 is 0 Å². The number of carbonyl (C=O) groups is 2. The Morgan fingerprint density at radius 1 is 1.00 bits per heavy atom. The molecule has 2 aromatic rings. The third-order valence-electron chi connectivity index (χ3n) is 3.46. The van der Waals surface area contributed by atoms with E-state index in [4.69, 9.17) is 14.2 Å². The van der Waals surface area contributed by atoms with Crippen molar-refractivity contribution < 1.29 is 28.2 Å². The zero-order valence-electron chi connectivity index (χ0n) is 15.3. The molecule has 0 atom stereocenters. The summed E-state index contributed by atoms with van der Waals surface area (Å²) in [5.41, 5.74) is 1.03. The first-order chi connectivity index (χ1) is 13.0. The lowest BCUT2D eigenvalue weighted by Crippen LogP contribution is -2.22. The van der Waals surface area contributed by atoms with Crippen LogP contribution in [-0.2, 0) is 20.7 Å². The van der Waals surface area contributed by atoms with Gasteiger partial charge >= 0.3 is 5.97 Å². The summed E-state index contributed by atoms with van der Waals surface area (Å²) in [6.07, 6.45) is -0.0441. The van der Waals surface area contributed by atoms with E-state index < -0.39 is 18.5 Å². The van der Waals surface area contributed by atoms with Crippen molar-refractivity contribution >= 4 is 17.6 Å². The Morgan fingerprint density at radius 3 is 2.37 bits per heavy atom. The Kier molecular flexibility index (Phi) is 7.61. The fourth-order valence-electron chi connectivity index (χ4n) is 2.30. The lowest BCUT2D eigenvalue weighted by molar-refractivity contribution is -0.146. The zero-order chi connectivity index (χ0) is 19.6. The van der Waals surface area contributed by atoms with Crippen molar-refractivity contribution in [2.24, 2.45) is 0 Å². The van der Waals surface area contributed by atoms with Gasteiger partial charge in [-0.2, -0.15) is 0 Å². The summed E-state index contributed by atoms with van der Waals surface area (Å²) < 4.78 is 28.7. The lowest BCUT2D eigenvalue weighted by atomic mass is 10.1. The number of anilines is 1. The fourth-order valence-corrected chi connectivity index (χ4v) is 2.30. The van der Waals surface area contributed by atoms with Crippen LogP contribution in [-0.4, -0.2) is 31.7 Å². The van der Waals surface area contributed by atoms with Gasteiger partial charge in [0, 0.05) is 6.07 Å². The minimum absolute atomic E-state index is 0.0441. The number of hydrogen-bond donors (Lipinski definition) is 1. The molecular formula is C20H22FNO5. The second-order valence-electron chi connectivity index (χ2n) is 5.54. The van der Waals surface area contributed by atoms with Gasteiger partial charge in [0.05, 0.1) is 25.3 Å². The zero-order valence-corrected chi connectivity index (χ0v) is 15.3. The van der Waals surface area contributed by atoms with Crippen LogP contribution in [0.5, 0.6) is 11.5 Å². The number of carbonyl (C=O) groups excluding carboxylic acids is 2. The average Bonchev–Trinajstić information content (AvgIpc) is 2.64. The van der Waals surface area contributed by atoms with Gasteiger partial charge in [0.1, 0.15) is 17.3 Å². The molecule has 2 rings (SSSR count). The summed E-state index contributed by atoms with van der Waals surface area (Å²) in [7, 11) is 0. The highest BCUT2D eigenvalue weighted by Gasteiger charge is 2.12. The van der Waals surface area contributed by atoms with E-state index in [1.165, 1.54) is 24.3 Å². The fraction of sp³-hybridized carbons (Fsp3) is 0.300. The smallest absolute Gasteiger partial charge is 0.310 e. The minimum Gasteiger partial charge on any atom is -0.494 e. The molecule has 0 aliphatic heterocycles. The van der Waals surface area contributed by atoms with Gasteiger partial charge in [-0.1, -0.05) is 12.1 Å². The topological polar surface area (TPSA) is 73.9 Å². The highest BCUT2D eigenvalue weighted by atomic mass is 19.1. The van der Waals surface area contributed by atoms with Crippen LogP contribution in [0.2, 0.25) is 0 Å². The second-order valence-corrected chi connectivity index (χ2v) is 5.54. The van der Waals surface area contributed by atoms with Gasteiger partial charge in [0.15, 0.2) is 6.61 Å². The van der Waals surface area contributed by atoms with Crippen molar-refractivity contribution in [2.75, 3.05) is 25.1 Å². The number of benzene rings is 2. The number of hydrogen-bond acceptors (Lipinski definition) is 5. The molecule has 27 heavy (non-hydrogen) atoms. The van der Waals surface area contributed by atoms with Crippen LogP contribution < -0.4 is 14.8 Å². The average molecular weight is 375 g/mol. The second kappa shape index (κ2) is 10.2. The van der Waals surface area contributed by atoms with Crippen molar-refractivity contribution in [1.29, 1.82) is 0 Å². The van der Waals surface area contributed by atoms with Crippen LogP contribution in [0.4, 0.5) is 10.1 Å². The molecule has 0 saturated carbocycles. The molecule has 0 radical (unpaired) electrons. The third-order valence-corrected chi connectivity index (χ3v) is 3.46. The molecule has 0 fully saturated rings. The van der Waals surface area contributed by atoms with E-state index in [0.29, 0.717) is 36.0 Å². The highest BCUT2D eigenvalue weighted by molar-refractivity contribution is 5.94. The number of nitrogens with one attached hydrogen (secondary N) is 1. The van der Waals surface area contributed by atoms with Crippen LogP contribution in [0.3, 0.4) is 0 Å². The van der Waals surface area contributed by atoms with Gasteiger partial charge in [0.25, 0.3) is 5.91 Å². The molecule has 0 saturated heterocycles. The summed E-state index contributed by atoms with van der Waals surface area (Å²) in [5, 5.41) is 2.65. The SMILES string of the molecule is CCOc1ccc(OCC)c(NC(=O)COC(=O)Cc2ccc(F)cc2)c1. The molecule has 1 N–H and O–H groups in total. The van der Waals surface area contributed by atoms with Gasteiger partial charge in [-0.25, -0.2) is 4.39 Å². The molecule has 0 heterocycles. The predicted molar refractivity (Wildman–Crippen MR) is 98.5 cm³/mol. The summed E-state index contributed by atoms with van der Waals surface area (Å²) >= 11 is 0. The van der Waals surface area contributed by atoms with E-state index in [1.807, 2.05) is 13.8 Å². The van der Waals surface area contributed by atoms with Crippen LogP contribution in [0.25, 0.3) is 0 Å². The highest BCUT2D eigenvalue weighted by Crippen LogP contribution is 2.29. The maximum atomic E-state index is 12.9. The minimum atomic E-state index is -0.579. The van der Waals surface area contributed by atoms with E-state index in [9.17, 15) is 14.0 Å². The number of rotatable bonds is 9. The van der Waals surface area contributed by atoms with Gasteiger partial charge in [-0.05, 0) is 43.7 Å². The van der Waals surface area contributed by atoms with E-state index in [0.717, 1.165) is 0 Å². The van der Waals surface area contributed by atoms with E-state index in [2.05, 4.69) is 5.32 Å². The van der Waals surface area contributed by atoms with E-state index in [1.54, 1.807) is 18.2 Å². The maximum absolute atomic E-state index is 12.9. The van der Waals surface area contributed by atoms with Crippen molar-refractivity contribution in [3.63, 3.8) is 0 Å². The molecule has 0 aromatic heterocycles. The third kappa shape index (κ3) is 6.62. The number of esters is 1. The summed E-state index contributed by atoms with van der Waals surface area (Å²) in [6, 6.07) is 10.6. The quantitative estimate of drug-likeness (QED) is 0.681. The molecule has 1 amide bonds. The van der Waals surface area contributed by atoms with Gasteiger partial charge in [-0.3, -0.25) is 9.59 Å². The Labute approximate surface area is 157 Å². The molecule has 0 aliphatic rings. The predicted octanol–water partition coefficient (Wildman–Crippen LogP) is 3.35. The van der Waals surface area contributed by atoms with Crippen LogP contribution in [0.15, 0.2) is 42.5 Å². The van der Waals surface area contributed by atoms with Crippen molar-refractivity contribution in [3.05, 3.63) is 53.8 Å². The first kappa shape index (κ1) is 20.2. The number of amides is 1. The molecule has 0 bridgehead atoms. The molecule has 0 spiro atoms. The lowest BCUT2D eigenvalue weighted by Gasteiger charge is -2.13. The molecule has 0 aliphatic carbocycles.